The second kappa shape index (κ2) is 8.90. The summed E-state index contributed by atoms with van der Waals surface area (Å²) in [5, 5.41) is 5.58. The van der Waals surface area contributed by atoms with Crippen molar-refractivity contribution >= 4 is 12.0 Å². The van der Waals surface area contributed by atoms with Gasteiger partial charge in [0.2, 0.25) is 5.91 Å². The van der Waals surface area contributed by atoms with E-state index in [1.54, 1.807) is 20.8 Å². The Morgan fingerprint density at radius 1 is 1.14 bits per heavy atom. The number of carbonyl (C=O) groups excluding carboxylic acids is 2. The highest BCUT2D eigenvalue weighted by Crippen LogP contribution is 2.11. The highest BCUT2D eigenvalue weighted by atomic mass is 16.6. The number of carbonyl (C=O) groups is 2. The molecule has 0 spiro atoms. The molecule has 0 fully saturated rings. The number of rotatable bonds is 7. The van der Waals surface area contributed by atoms with Crippen LogP contribution in [-0.2, 0) is 9.53 Å². The molecule has 0 bridgehead atoms. The number of alkyl carbamates (subject to hydrolysis) is 1. The third-order valence-corrected chi connectivity index (χ3v) is 3.19. The van der Waals surface area contributed by atoms with E-state index in [1.807, 2.05) is 13.8 Å². The predicted octanol–water partition coefficient (Wildman–Crippen LogP) is 3.09. The highest BCUT2D eigenvalue weighted by molar-refractivity contribution is 5.85. The summed E-state index contributed by atoms with van der Waals surface area (Å²) in [5.41, 5.74) is -0.571. The third-order valence-electron chi connectivity index (χ3n) is 3.19. The van der Waals surface area contributed by atoms with Gasteiger partial charge in [-0.1, -0.05) is 34.1 Å². The smallest absolute Gasteiger partial charge is 0.408 e. The Bertz CT molecular complexity index is 335. The van der Waals surface area contributed by atoms with E-state index in [0.717, 1.165) is 12.8 Å². The Balaban J connectivity index is 4.58. The van der Waals surface area contributed by atoms with E-state index in [2.05, 4.69) is 24.5 Å². The van der Waals surface area contributed by atoms with E-state index in [4.69, 9.17) is 4.74 Å². The maximum atomic E-state index is 12.2. The molecular formula is C16H32N2O3. The van der Waals surface area contributed by atoms with Gasteiger partial charge in [-0.25, -0.2) is 4.79 Å². The fraction of sp³-hybridized carbons (Fsp3) is 0.875. The van der Waals surface area contributed by atoms with Crippen molar-refractivity contribution in [3.8, 4) is 0 Å². The van der Waals surface area contributed by atoms with Gasteiger partial charge in [0, 0.05) is 6.54 Å². The number of amides is 2. The molecule has 2 unspecified atom stereocenters. The van der Waals surface area contributed by atoms with E-state index in [1.165, 1.54) is 0 Å². The first-order chi connectivity index (χ1) is 9.56. The van der Waals surface area contributed by atoms with Crippen molar-refractivity contribution in [3.05, 3.63) is 0 Å². The maximum absolute atomic E-state index is 12.2. The number of hydrogen-bond acceptors (Lipinski definition) is 3. The van der Waals surface area contributed by atoms with Crippen molar-refractivity contribution in [2.45, 2.75) is 73.0 Å². The van der Waals surface area contributed by atoms with Gasteiger partial charge >= 0.3 is 6.09 Å². The van der Waals surface area contributed by atoms with Crippen LogP contribution in [0, 0.1) is 11.8 Å². The molecule has 2 N–H and O–H groups in total. The van der Waals surface area contributed by atoms with Crippen LogP contribution in [0.4, 0.5) is 4.79 Å². The lowest BCUT2D eigenvalue weighted by atomic mass is 9.98. The Labute approximate surface area is 129 Å². The van der Waals surface area contributed by atoms with Crippen LogP contribution in [0.2, 0.25) is 0 Å². The van der Waals surface area contributed by atoms with Gasteiger partial charge in [0.15, 0.2) is 0 Å². The molecule has 21 heavy (non-hydrogen) atoms. The van der Waals surface area contributed by atoms with Crippen LogP contribution in [0.1, 0.15) is 61.3 Å². The lowest BCUT2D eigenvalue weighted by Crippen LogP contribution is -2.51. The molecular weight excluding hydrogens is 268 g/mol. The van der Waals surface area contributed by atoms with Gasteiger partial charge < -0.3 is 15.4 Å². The molecule has 5 heteroatoms. The standard InChI is InChI=1S/C16H32N2O3/c1-8-12(4)13(14(19)17-10-9-11(2)3)18-15(20)21-16(5,6)7/h11-13H,8-10H2,1-7H3,(H,17,19)(H,18,20). The maximum Gasteiger partial charge on any atom is 0.408 e. The summed E-state index contributed by atoms with van der Waals surface area (Å²) in [4.78, 5) is 24.1. The predicted molar refractivity (Wildman–Crippen MR) is 85.1 cm³/mol. The molecule has 0 aromatic carbocycles. The minimum Gasteiger partial charge on any atom is -0.444 e. The summed E-state index contributed by atoms with van der Waals surface area (Å²) in [6.07, 6.45) is 1.18. The average Bonchev–Trinajstić information content (AvgIpc) is 2.32. The first kappa shape index (κ1) is 19.7. The van der Waals surface area contributed by atoms with Crippen LogP contribution in [0.25, 0.3) is 0 Å². The molecule has 5 nitrogen and oxygen atoms in total. The molecule has 0 aliphatic rings. The summed E-state index contributed by atoms with van der Waals surface area (Å²) < 4.78 is 5.23. The zero-order valence-electron chi connectivity index (χ0n) is 14.6. The molecule has 2 amide bonds. The van der Waals surface area contributed by atoms with Crippen LogP contribution < -0.4 is 10.6 Å². The summed E-state index contributed by atoms with van der Waals surface area (Å²) in [7, 11) is 0. The third kappa shape index (κ3) is 9.32. The Morgan fingerprint density at radius 3 is 2.14 bits per heavy atom. The molecule has 0 rings (SSSR count). The second-order valence-electron chi connectivity index (χ2n) is 6.98. The minimum absolute atomic E-state index is 0.0524. The fourth-order valence-corrected chi connectivity index (χ4v) is 1.73. The van der Waals surface area contributed by atoms with E-state index in [9.17, 15) is 9.59 Å². The zero-order valence-corrected chi connectivity index (χ0v) is 14.6. The Hall–Kier alpha value is -1.26. The summed E-state index contributed by atoms with van der Waals surface area (Å²) in [6.45, 7) is 14.2. The molecule has 2 atom stereocenters. The van der Waals surface area contributed by atoms with Gasteiger partial charge in [-0.05, 0) is 39.0 Å². The summed E-state index contributed by atoms with van der Waals surface area (Å²) >= 11 is 0. The molecule has 0 saturated heterocycles. The van der Waals surface area contributed by atoms with Gasteiger partial charge in [-0.2, -0.15) is 0 Å². The largest absolute Gasteiger partial charge is 0.444 e. The lowest BCUT2D eigenvalue weighted by Gasteiger charge is -2.26. The van der Waals surface area contributed by atoms with Gasteiger partial charge in [-0.3, -0.25) is 4.79 Å². The molecule has 0 saturated carbocycles. The van der Waals surface area contributed by atoms with Crippen molar-refractivity contribution in [1.82, 2.24) is 10.6 Å². The topological polar surface area (TPSA) is 67.4 Å². The quantitative estimate of drug-likeness (QED) is 0.759. The van der Waals surface area contributed by atoms with Crippen LogP contribution >= 0.6 is 0 Å². The van der Waals surface area contributed by atoms with Crippen LogP contribution in [-0.4, -0.2) is 30.2 Å². The zero-order chi connectivity index (χ0) is 16.6. The van der Waals surface area contributed by atoms with Crippen molar-refractivity contribution in [2.75, 3.05) is 6.54 Å². The Kier molecular flexibility index (Phi) is 8.37. The summed E-state index contributed by atoms with van der Waals surface area (Å²) in [5.74, 6) is 0.443. The normalized spacial score (nSPS) is 14.5. The second-order valence-corrected chi connectivity index (χ2v) is 6.98. The van der Waals surface area contributed by atoms with E-state index in [0.29, 0.717) is 12.5 Å². The van der Waals surface area contributed by atoms with Gasteiger partial charge in [0.05, 0.1) is 0 Å². The lowest BCUT2D eigenvalue weighted by molar-refractivity contribution is -0.124. The molecule has 0 aromatic heterocycles. The van der Waals surface area contributed by atoms with Crippen molar-refractivity contribution in [2.24, 2.45) is 11.8 Å². The number of ether oxygens (including phenoxy) is 1. The van der Waals surface area contributed by atoms with Crippen molar-refractivity contribution in [3.63, 3.8) is 0 Å². The van der Waals surface area contributed by atoms with Crippen LogP contribution in [0.5, 0.6) is 0 Å². The Morgan fingerprint density at radius 2 is 1.71 bits per heavy atom. The molecule has 124 valence electrons. The SMILES string of the molecule is CCC(C)C(NC(=O)OC(C)(C)C)C(=O)NCCC(C)C. The minimum atomic E-state index is -0.571. The highest BCUT2D eigenvalue weighted by Gasteiger charge is 2.27. The first-order valence-electron chi connectivity index (χ1n) is 7.84. The van der Waals surface area contributed by atoms with E-state index in [-0.39, 0.29) is 11.8 Å². The van der Waals surface area contributed by atoms with Crippen molar-refractivity contribution < 1.29 is 14.3 Å². The average molecular weight is 300 g/mol. The molecule has 0 aliphatic carbocycles. The fourth-order valence-electron chi connectivity index (χ4n) is 1.73. The first-order valence-corrected chi connectivity index (χ1v) is 7.84. The van der Waals surface area contributed by atoms with Crippen LogP contribution in [0.3, 0.4) is 0 Å². The molecule has 0 heterocycles. The van der Waals surface area contributed by atoms with Crippen LogP contribution in [0.15, 0.2) is 0 Å². The number of hydrogen-bond donors (Lipinski definition) is 2. The van der Waals surface area contributed by atoms with E-state index >= 15 is 0 Å². The van der Waals surface area contributed by atoms with Gasteiger partial charge in [-0.15, -0.1) is 0 Å². The van der Waals surface area contributed by atoms with Gasteiger partial charge in [0.25, 0.3) is 0 Å². The number of nitrogens with one attached hydrogen (secondary N) is 2. The van der Waals surface area contributed by atoms with E-state index < -0.39 is 17.7 Å². The monoisotopic (exact) mass is 300 g/mol. The molecule has 0 radical (unpaired) electrons. The summed E-state index contributed by atoms with van der Waals surface area (Å²) in [6, 6.07) is -0.558. The molecule has 0 aromatic rings. The molecule has 0 aliphatic heterocycles. The van der Waals surface area contributed by atoms with Gasteiger partial charge in [0.1, 0.15) is 11.6 Å². The van der Waals surface area contributed by atoms with Crippen molar-refractivity contribution in [1.29, 1.82) is 0 Å².